The van der Waals surface area contributed by atoms with Crippen LogP contribution < -0.4 is 15.8 Å². The van der Waals surface area contributed by atoms with Crippen molar-refractivity contribution in [3.8, 4) is 5.75 Å². The average molecular weight is 315 g/mol. The summed E-state index contributed by atoms with van der Waals surface area (Å²) in [6, 6.07) is 17.9. The Morgan fingerprint density at radius 1 is 1.23 bits per heavy atom. The number of methoxy groups -OCH3 is 1. The summed E-state index contributed by atoms with van der Waals surface area (Å²) in [6.07, 6.45) is 0. The highest BCUT2D eigenvalue weighted by Crippen LogP contribution is 2.22. The Balaban J connectivity index is 1.86. The molecule has 0 aromatic heterocycles. The van der Waals surface area contributed by atoms with Crippen LogP contribution in [0.25, 0.3) is 0 Å². The minimum Gasteiger partial charge on any atom is -0.497 e. The number of benzene rings is 2. The van der Waals surface area contributed by atoms with Crippen molar-refractivity contribution in [1.29, 1.82) is 0 Å². The minimum atomic E-state index is 0.355. The normalized spacial score (nSPS) is 12.7. The lowest BCUT2D eigenvalue weighted by Crippen LogP contribution is -2.23. The third-order valence-electron chi connectivity index (χ3n) is 2.94. The maximum Gasteiger partial charge on any atom is 0.193 e. The van der Waals surface area contributed by atoms with Gasteiger partial charge >= 0.3 is 0 Å². The Morgan fingerprint density at radius 2 is 2.00 bits per heavy atom. The number of hydrogen-bond acceptors (Lipinski definition) is 3. The highest BCUT2D eigenvalue weighted by atomic mass is 32.2. The summed E-state index contributed by atoms with van der Waals surface area (Å²) in [5.41, 5.74) is 6.79. The van der Waals surface area contributed by atoms with E-state index in [0.29, 0.717) is 17.8 Å². The van der Waals surface area contributed by atoms with Crippen LogP contribution in [0.15, 0.2) is 64.5 Å². The number of aliphatic imine (C=N–C) groups is 1. The topological polar surface area (TPSA) is 59.6 Å². The van der Waals surface area contributed by atoms with E-state index in [4.69, 9.17) is 10.5 Å². The molecule has 22 heavy (non-hydrogen) atoms. The van der Waals surface area contributed by atoms with Crippen molar-refractivity contribution in [3.63, 3.8) is 0 Å². The van der Waals surface area contributed by atoms with Crippen LogP contribution in [0, 0.1) is 0 Å². The first-order valence-electron chi connectivity index (χ1n) is 7.10. The predicted octanol–water partition coefficient (Wildman–Crippen LogP) is 3.60. The number of rotatable bonds is 6. The fourth-order valence-electron chi connectivity index (χ4n) is 1.88. The van der Waals surface area contributed by atoms with Crippen LogP contribution in [0.2, 0.25) is 0 Å². The third kappa shape index (κ3) is 5.33. The molecule has 3 N–H and O–H groups in total. The smallest absolute Gasteiger partial charge is 0.193 e. The Bertz CT molecular complexity index is 616. The van der Waals surface area contributed by atoms with E-state index in [-0.39, 0.29) is 0 Å². The second-order valence-electron chi connectivity index (χ2n) is 4.82. The highest BCUT2D eigenvalue weighted by molar-refractivity contribution is 8.00. The molecule has 0 saturated carbocycles. The van der Waals surface area contributed by atoms with E-state index in [0.717, 1.165) is 11.4 Å². The maximum absolute atomic E-state index is 5.93. The molecule has 0 amide bonds. The zero-order valence-corrected chi connectivity index (χ0v) is 13.6. The van der Waals surface area contributed by atoms with Gasteiger partial charge in [-0.2, -0.15) is 0 Å². The number of nitrogens with zero attached hydrogens (tertiary/aromatic N) is 1. The average Bonchev–Trinajstić information content (AvgIpc) is 2.54. The van der Waals surface area contributed by atoms with Gasteiger partial charge in [0, 0.05) is 21.9 Å². The molecule has 0 spiro atoms. The molecule has 1 unspecified atom stereocenters. The lowest BCUT2D eigenvalue weighted by Gasteiger charge is -2.10. The lowest BCUT2D eigenvalue weighted by atomic mass is 10.3. The zero-order chi connectivity index (χ0) is 15.8. The van der Waals surface area contributed by atoms with Crippen LogP contribution >= 0.6 is 11.8 Å². The first-order valence-corrected chi connectivity index (χ1v) is 7.98. The second-order valence-corrected chi connectivity index (χ2v) is 6.34. The molecular formula is C17H21N3OS. The molecule has 0 saturated heterocycles. The standard InChI is InChI=1S/C17H21N3OS/c1-13(22-16-9-4-3-5-10-16)12-19-17(18)20-14-7-6-8-15(11-14)21-2/h3-11,13H,12H2,1-2H3,(H3,18,19,20). The van der Waals surface area contributed by atoms with Gasteiger partial charge in [0.1, 0.15) is 5.75 Å². The van der Waals surface area contributed by atoms with E-state index in [9.17, 15) is 0 Å². The van der Waals surface area contributed by atoms with Crippen LogP contribution in [0.4, 0.5) is 5.69 Å². The molecule has 0 aliphatic rings. The molecular weight excluding hydrogens is 294 g/mol. The molecule has 2 aromatic carbocycles. The van der Waals surface area contributed by atoms with Crippen molar-refractivity contribution in [2.24, 2.45) is 10.7 Å². The molecule has 0 aliphatic carbocycles. The predicted molar refractivity (Wildman–Crippen MR) is 94.9 cm³/mol. The zero-order valence-electron chi connectivity index (χ0n) is 12.8. The molecule has 0 bridgehead atoms. The monoisotopic (exact) mass is 315 g/mol. The molecule has 5 heteroatoms. The van der Waals surface area contributed by atoms with Gasteiger partial charge in [0.05, 0.1) is 13.7 Å². The molecule has 2 aromatic rings. The summed E-state index contributed by atoms with van der Waals surface area (Å²) in [4.78, 5) is 5.63. The van der Waals surface area contributed by atoms with Crippen molar-refractivity contribution in [2.75, 3.05) is 19.0 Å². The Hall–Kier alpha value is -2.14. The molecule has 4 nitrogen and oxygen atoms in total. The van der Waals surface area contributed by atoms with Gasteiger partial charge in [-0.15, -0.1) is 11.8 Å². The van der Waals surface area contributed by atoms with E-state index in [1.165, 1.54) is 4.90 Å². The summed E-state index contributed by atoms with van der Waals surface area (Å²) < 4.78 is 5.18. The largest absolute Gasteiger partial charge is 0.497 e. The van der Waals surface area contributed by atoms with Gasteiger partial charge in [-0.05, 0) is 24.3 Å². The van der Waals surface area contributed by atoms with Gasteiger partial charge in [-0.1, -0.05) is 31.2 Å². The first-order chi connectivity index (χ1) is 10.7. The SMILES string of the molecule is COc1cccc(NC(N)=NCC(C)Sc2ccccc2)c1. The van der Waals surface area contributed by atoms with Crippen molar-refractivity contribution >= 4 is 23.4 Å². The van der Waals surface area contributed by atoms with E-state index < -0.39 is 0 Å². The summed E-state index contributed by atoms with van der Waals surface area (Å²) in [5, 5.41) is 3.43. The van der Waals surface area contributed by atoms with Crippen molar-refractivity contribution in [2.45, 2.75) is 17.1 Å². The van der Waals surface area contributed by atoms with Crippen molar-refractivity contribution in [3.05, 3.63) is 54.6 Å². The van der Waals surface area contributed by atoms with Crippen LogP contribution in [0.5, 0.6) is 5.75 Å². The fourth-order valence-corrected chi connectivity index (χ4v) is 2.81. The van der Waals surface area contributed by atoms with E-state index in [2.05, 4.69) is 29.4 Å². The van der Waals surface area contributed by atoms with Crippen LogP contribution in [0.3, 0.4) is 0 Å². The van der Waals surface area contributed by atoms with E-state index in [1.54, 1.807) is 18.9 Å². The maximum atomic E-state index is 5.93. The summed E-state index contributed by atoms with van der Waals surface area (Å²) in [5.74, 6) is 1.19. The molecule has 0 radical (unpaired) electrons. The molecule has 0 heterocycles. The molecule has 116 valence electrons. The van der Waals surface area contributed by atoms with Gasteiger partial charge in [-0.3, -0.25) is 4.99 Å². The number of nitrogens with one attached hydrogen (secondary N) is 1. The van der Waals surface area contributed by atoms with Crippen molar-refractivity contribution < 1.29 is 4.74 Å². The summed E-state index contributed by atoms with van der Waals surface area (Å²) in [6.45, 7) is 2.79. The Morgan fingerprint density at radius 3 is 2.73 bits per heavy atom. The number of guanidine groups is 1. The van der Waals surface area contributed by atoms with E-state index >= 15 is 0 Å². The Kier molecular flexibility index (Phi) is 6.15. The molecule has 2 rings (SSSR count). The highest BCUT2D eigenvalue weighted by Gasteiger charge is 2.04. The molecule has 1 atom stereocenters. The van der Waals surface area contributed by atoms with Crippen LogP contribution in [0.1, 0.15) is 6.92 Å². The van der Waals surface area contributed by atoms with Gasteiger partial charge < -0.3 is 15.8 Å². The number of hydrogen-bond donors (Lipinski definition) is 2. The minimum absolute atomic E-state index is 0.355. The second kappa shape index (κ2) is 8.34. The van der Waals surface area contributed by atoms with Gasteiger partial charge in [-0.25, -0.2) is 0 Å². The lowest BCUT2D eigenvalue weighted by molar-refractivity contribution is 0.415. The number of thioether (sulfide) groups is 1. The van der Waals surface area contributed by atoms with Crippen LogP contribution in [-0.4, -0.2) is 24.9 Å². The third-order valence-corrected chi connectivity index (χ3v) is 4.04. The van der Waals surface area contributed by atoms with Crippen LogP contribution in [-0.2, 0) is 0 Å². The van der Waals surface area contributed by atoms with Gasteiger partial charge in [0.25, 0.3) is 0 Å². The number of nitrogens with two attached hydrogens (primary N) is 1. The molecule has 0 fully saturated rings. The van der Waals surface area contributed by atoms with Gasteiger partial charge in [0.2, 0.25) is 0 Å². The van der Waals surface area contributed by atoms with Crippen molar-refractivity contribution in [1.82, 2.24) is 0 Å². The number of ether oxygens (including phenoxy) is 1. The molecule has 0 aliphatic heterocycles. The quantitative estimate of drug-likeness (QED) is 0.486. The Labute approximate surface area is 135 Å². The number of anilines is 1. The van der Waals surface area contributed by atoms with Gasteiger partial charge in [0.15, 0.2) is 5.96 Å². The summed E-state index contributed by atoms with van der Waals surface area (Å²) in [7, 11) is 1.64. The van der Waals surface area contributed by atoms with E-state index in [1.807, 2.05) is 42.5 Å². The fraction of sp³-hybridized carbons (Fsp3) is 0.235. The summed E-state index contributed by atoms with van der Waals surface area (Å²) >= 11 is 1.79. The first kappa shape index (κ1) is 16.2.